The van der Waals surface area contributed by atoms with E-state index in [9.17, 15) is 0 Å². The van der Waals surface area contributed by atoms with E-state index < -0.39 is 0 Å². The molecule has 2 aromatic carbocycles. The molecule has 0 radical (unpaired) electrons. The first-order valence-corrected chi connectivity index (χ1v) is 7.13. The van der Waals surface area contributed by atoms with Gasteiger partial charge < -0.3 is 5.32 Å². The fourth-order valence-electron chi connectivity index (χ4n) is 2.22. The molecule has 1 heteroatoms. The van der Waals surface area contributed by atoms with Gasteiger partial charge in [0.15, 0.2) is 0 Å². The van der Waals surface area contributed by atoms with E-state index in [0.29, 0.717) is 6.04 Å². The number of rotatable bonds is 6. The Labute approximate surface area is 116 Å². The minimum Gasteiger partial charge on any atom is -0.315 e. The molecule has 0 amide bonds. The van der Waals surface area contributed by atoms with Crippen molar-refractivity contribution in [2.75, 3.05) is 6.54 Å². The largest absolute Gasteiger partial charge is 0.315 e. The van der Waals surface area contributed by atoms with Gasteiger partial charge in [-0.15, -0.1) is 0 Å². The Bertz CT molecular complexity index is 488. The second kappa shape index (κ2) is 7.10. The van der Waals surface area contributed by atoms with Gasteiger partial charge in [-0.05, 0) is 36.1 Å². The monoisotopic (exact) mass is 253 g/mol. The Hall–Kier alpha value is -1.60. The molecular formula is C18H23N. The zero-order valence-electron chi connectivity index (χ0n) is 11.9. The van der Waals surface area contributed by atoms with Crippen molar-refractivity contribution in [3.63, 3.8) is 0 Å². The van der Waals surface area contributed by atoms with Gasteiger partial charge in [-0.2, -0.15) is 0 Å². The molecule has 100 valence electrons. The summed E-state index contributed by atoms with van der Waals surface area (Å²) in [7, 11) is 0. The quantitative estimate of drug-likeness (QED) is 0.757. The van der Waals surface area contributed by atoms with Gasteiger partial charge in [0.1, 0.15) is 0 Å². The molecule has 2 rings (SSSR count). The van der Waals surface area contributed by atoms with E-state index in [0.717, 1.165) is 13.0 Å². The lowest BCUT2D eigenvalue weighted by atomic mass is 10.0. The fraction of sp³-hybridized carbons (Fsp3) is 0.333. The maximum atomic E-state index is 3.46. The molecule has 0 spiro atoms. The van der Waals surface area contributed by atoms with Gasteiger partial charge in [0.2, 0.25) is 0 Å². The summed E-state index contributed by atoms with van der Waals surface area (Å²) in [4.78, 5) is 0. The molecule has 19 heavy (non-hydrogen) atoms. The lowest BCUT2D eigenvalue weighted by molar-refractivity contribution is 0.570. The lowest BCUT2D eigenvalue weighted by Crippen LogP contribution is -2.23. The summed E-state index contributed by atoms with van der Waals surface area (Å²) in [6, 6.07) is 20.0. The third kappa shape index (κ3) is 4.53. The molecule has 0 saturated carbocycles. The molecule has 0 aliphatic rings. The van der Waals surface area contributed by atoms with Crippen molar-refractivity contribution in [1.29, 1.82) is 0 Å². The average Bonchev–Trinajstić information content (AvgIpc) is 2.45. The number of benzene rings is 2. The Morgan fingerprint density at radius 3 is 2.37 bits per heavy atom. The second-order valence-corrected chi connectivity index (χ2v) is 5.28. The zero-order chi connectivity index (χ0) is 13.5. The highest BCUT2D eigenvalue weighted by molar-refractivity contribution is 5.63. The summed E-state index contributed by atoms with van der Waals surface area (Å²) in [6.45, 7) is 5.47. The maximum Gasteiger partial charge on any atom is 0.00103 e. The van der Waals surface area contributed by atoms with Crippen LogP contribution in [0.15, 0.2) is 54.6 Å². The number of hydrogen-bond acceptors (Lipinski definition) is 1. The summed E-state index contributed by atoms with van der Waals surface area (Å²) < 4.78 is 0. The molecule has 0 aliphatic heterocycles. The summed E-state index contributed by atoms with van der Waals surface area (Å²) >= 11 is 0. The third-order valence-electron chi connectivity index (χ3n) is 3.23. The van der Waals surface area contributed by atoms with Gasteiger partial charge in [0.25, 0.3) is 0 Å². The fourth-order valence-corrected chi connectivity index (χ4v) is 2.22. The first kappa shape index (κ1) is 13.8. The van der Waals surface area contributed by atoms with Crippen molar-refractivity contribution < 1.29 is 0 Å². The van der Waals surface area contributed by atoms with Crippen LogP contribution in [-0.2, 0) is 6.42 Å². The molecular weight excluding hydrogens is 230 g/mol. The standard InChI is InChI=1S/C18H23N/c1-15(2)19-13-7-9-16-8-6-12-18(14-16)17-10-4-3-5-11-17/h3-6,8,10-12,14-15,19H,7,9,13H2,1-2H3. The van der Waals surface area contributed by atoms with Gasteiger partial charge >= 0.3 is 0 Å². The molecule has 0 aromatic heterocycles. The van der Waals surface area contributed by atoms with Gasteiger partial charge in [0, 0.05) is 6.04 Å². The van der Waals surface area contributed by atoms with Gasteiger partial charge in [-0.25, -0.2) is 0 Å². The van der Waals surface area contributed by atoms with Crippen molar-refractivity contribution >= 4 is 0 Å². The summed E-state index contributed by atoms with van der Waals surface area (Å²) in [5, 5.41) is 3.46. The van der Waals surface area contributed by atoms with E-state index in [1.165, 1.54) is 23.1 Å². The van der Waals surface area contributed by atoms with Gasteiger partial charge in [-0.1, -0.05) is 68.4 Å². The molecule has 0 atom stereocenters. The van der Waals surface area contributed by atoms with E-state index in [-0.39, 0.29) is 0 Å². The van der Waals surface area contributed by atoms with Crippen molar-refractivity contribution in [1.82, 2.24) is 5.32 Å². The molecule has 0 unspecified atom stereocenters. The second-order valence-electron chi connectivity index (χ2n) is 5.28. The number of hydrogen-bond donors (Lipinski definition) is 1. The molecule has 1 nitrogen and oxygen atoms in total. The minimum absolute atomic E-state index is 0.579. The first-order valence-electron chi connectivity index (χ1n) is 7.13. The maximum absolute atomic E-state index is 3.46. The van der Waals surface area contributed by atoms with Gasteiger partial charge in [0.05, 0.1) is 0 Å². The molecule has 0 saturated heterocycles. The Kier molecular flexibility index (Phi) is 5.17. The van der Waals surface area contributed by atoms with Gasteiger partial charge in [-0.3, -0.25) is 0 Å². The lowest BCUT2D eigenvalue weighted by Gasteiger charge is -2.08. The Morgan fingerprint density at radius 1 is 0.895 bits per heavy atom. The highest BCUT2D eigenvalue weighted by atomic mass is 14.9. The Morgan fingerprint density at radius 2 is 1.63 bits per heavy atom. The van der Waals surface area contributed by atoms with E-state index >= 15 is 0 Å². The predicted octanol–water partition coefficient (Wildman–Crippen LogP) is 4.28. The predicted molar refractivity (Wildman–Crippen MR) is 83.3 cm³/mol. The van der Waals surface area contributed by atoms with Crippen LogP contribution in [0.2, 0.25) is 0 Å². The number of aryl methyl sites for hydroxylation is 1. The van der Waals surface area contributed by atoms with E-state index in [1.54, 1.807) is 0 Å². The molecule has 0 bridgehead atoms. The normalized spacial score (nSPS) is 10.9. The summed E-state index contributed by atoms with van der Waals surface area (Å²) in [5.41, 5.74) is 4.03. The van der Waals surface area contributed by atoms with Crippen molar-refractivity contribution in [2.45, 2.75) is 32.7 Å². The molecule has 2 aromatic rings. The smallest absolute Gasteiger partial charge is 0.00103 e. The van der Waals surface area contributed by atoms with E-state index in [1.807, 2.05) is 0 Å². The molecule has 0 fully saturated rings. The highest BCUT2D eigenvalue weighted by Crippen LogP contribution is 2.20. The van der Waals surface area contributed by atoms with Crippen molar-refractivity contribution in [3.8, 4) is 11.1 Å². The van der Waals surface area contributed by atoms with Crippen molar-refractivity contribution in [3.05, 3.63) is 60.2 Å². The molecule has 0 heterocycles. The van der Waals surface area contributed by atoms with E-state index in [2.05, 4.69) is 73.8 Å². The average molecular weight is 253 g/mol. The minimum atomic E-state index is 0.579. The summed E-state index contributed by atoms with van der Waals surface area (Å²) in [6.07, 6.45) is 2.33. The van der Waals surface area contributed by atoms with Crippen molar-refractivity contribution in [2.24, 2.45) is 0 Å². The SMILES string of the molecule is CC(C)NCCCc1cccc(-c2ccccc2)c1. The van der Waals surface area contributed by atoms with Crippen LogP contribution in [0.25, 0.3) is 11.1 Å². The third-order valence-corrected chi connectivity index (χ3v) is 3.23. The molecule has 1 N–H and O–H groups in total. The van der Waals surface area contributed by atoms with Crippen LogP contribution in [0.4, 0.5) is 0 Å². The Balaban J connectivity index is 1.96. The van der Waals surface area contributed by atoms with Crippen LogP contribution in [0.1, 0.15) is 25.8 Å². The van der Waals surface area contributed by atoms with Crippen LogP contribution in [-0.4, -0.2) is 12.6 Å². The van der Waals surface area contributed by atoms with Crippen LogP contribution in [0, 0.1) is 0 Å². The topological polar surface area (TPSA) is 12.0 Å². The summed E-state index contributed by atoms with van der Waals surface area (Å²) in [5.74, 6) is 0. The van der Waals surface area contributed by atoms with Crippen LogP contribution in [0.5, 0.6) is 0 Å². The van der Waals surface area contributed by atoms with Crippen LogP contribution < -0.4 is 5.32 Å². The van der Waals surface area contributed by atoms with Crippen LogP contribution in [0.3, 0.4) is 0 Å². The zero-order valence-corrected chi connectivity index (χ0v) is 11.9. The van der Waals surface area contributed by atoms with E-state index in [4.69, 9.17) is 0 Å². The highest BCUT2D eigenvalue weighted by Gasteiger charge is 1.99. The number of nitrogens with one attached hydrogen (secondary N) is 1. The first-order chi connectivity index (χ1) is 9.25. The van der Waals surface area contributed by atoms with Crippen LogP contribution >= 0.6 is 0 Å². The molecule has 0 aliphatic carbocycles.